The maximum absolute atomic E-state index is 12.5. The predicted molar refractivity (Wildman–Crippen MR) is 79.4 cm³/mol. The van der Waals surface area contributed by atoms with Gasteiger partial charge in [0, 0.05) is 19.1 Å². The molecule has 0 spiro atoms. The lowest BCUT2D eigenvalue weighted by Crippen LogP contribution is -2.05. The number of aliphatic hydroxyl groups is 1. The smallest absolute Gasteiger partial charge is 0.416 e. The zero-order chi connectivity index (χ0) is 16.7. The van der Waals surface area contributed by atoms with E-state index in [0.717, 1.165) is 12.1 Å². The highest BCUT2D eigenvalue weighted by Gasteiger charge is 2.29. The summed E-state index contributed by atoms with van der Waals surface area (Å²) >= 11 is 0. The van der Waals surface area contributed by atoms with Crippen LogP contribution in [0.2, 0.25) is 0 Å². The molecule has 0 amide bonds. The van der Waals surface area contributed by atoms with Gasteiger partial charge in [0.1, 0.15) is 18.1 Å². The lowest BCUT2D eigenvalue weighted by Gasteiger charge is -2.10. The number of hydrogen-bond donors (Lipinski definition) is 1. The van der Waals surface area contributed by atoms with E-state index >= 15 is 0 Å². The summed E-state index contributed by atoms with van der Waals surface area (Å²) in [5.41, 5.74) is -0.0369. The average molecular weight is 326 g/mol. The zero-order valence-corrected chi connectivity index (χ0v) is 12.3. The Morgan fingerprint density at radius 3 is 2.17 bits per heavy atom. The average Bonchev–Trinajstić information content (AvgIpc) is 2.53. The molecule has 0 aromatic heterocycles. The first-order valence-corrected chi connectivity index (χ1v) is 7.12. The van der Waals surface area contributed by atoms with E-state index in [1.54, 1.807) is 24.3 Å². The van der Waals surface area contributed by atoms with E-state index in [1.165, 1.54) is 12.1 Å². The van der Waals surface area contributed by atoms with E-state index in [2.05, 4.69) is 0 Å². The Morgan fingerprint density at radius 1 is 0.913 bits per heavy atom. The van der Waals surface area contributed by atoms with E-state index in [4.69, 9.17) is 14.6 Å². The van der Waals surface area contributed by atoms with Gasteiger partial charge in [-0.3, -0.25) is 0 Å². The third-order valence-corrected chi connectivity index (χ3v) is 3.06. The lowest BCUT2D eigenvalue weighted by molar-refractivity contribution is -0.137. The van der Waals surface area contributed by atoms with E-state index in [-0.39, 0.29) is 13.2 Å². The quantitative estimate of drug-likeness (QED) is 0.780. The van der Waals surface area contributed by atoms with Crippen molar-refractivity contribution in [3.05, 3.63) is 59.7 Å². The summed E-state index contributed by atoms with van der Waals surface area (Å²) < 4.78 is 48.4. The number of benzene rings is 2. The number of hydrogen-bond acceptors (Lipinski definition) is 3. The Labute approximate surface area is 132 Å². The molecule has 0 aliphatic carbocycles. The Bertz CT molecular complexity index is 609. The number of rotatable bonds is 7. The van der Waals surface area contributed by atoms with Gasteiger partial charge in [-0.25, -0.2) is 0 Å². The second-order valence-electron chi connectivity index (χ2n) is 4.88. The van der Waals surface area contributed by atoms with Gasteiger partial charge in [0.25, 0.3) is 0 Å². The minimum atomic E-state index is -4.33. The van der Waals surface area contributed by atoms with Gasteiger partial charge in [0.15, 0.2) is 0 Å². The van der Waals surface area contributed by atoms with E-state index in [9.17, 15) is 13.2 Å². The fourth-order valence-electron chi connectivity index (χ4n) is 1.86. The van der Waals surface area contributed by atoms with Crippen LogP contribution in [0, 0.1) is 0 Å². The van der Waals surface area contributed by atoms with Gasteiger partial charge >= 0.3 is 6.18 Å². The van der Waals surface area contributed by atoms with Crippen molar-refractivity contribution in [3.8, 4) is 11.5 Å². The van der Waals surface area contributed by atoms with Gasteiger partial charge in [0.05, 0.1) is 12.2 Å². The van der Waals surface area contributed by atoms with E-state index in [1.807, 2.05) is 0 Å². The van der Waals surface area contributed by atoms with Gasteiger partial charge in [-0.2, -0.15) is 13.2 Å². The van der Waals surface area contributed by atoms with Gasteiger partial charge in [0.2, 0.25) is 0 Å². The van der Waals surface area contributed by atoms with E-state index < -0.39 is 11.7 Å². The third kappa shape index (κ3) is 5.49. The number of aliphatic hydroxyl groups excluding tert-OH is 1. The first kappa shape index (κ1) is 17.1. The van der Waals surface area contributed by atoms with Crippen molar-refractivity contribution >= 4 is 0 Å². The molecule has 1 N–H and O–H groups in total. The van der Waals surface area contributed by atoms with Gasteiger partial charge in [-0.15, -0.1) is 0 Å². The molecule has 0 atom stereocenters. The van der Waals surface area contributed by atoms with Crippen LogP contribution in [0.4, 0.5) is 13.2 Å². The van der Waals surface area contributed by atoms with Crippen LogP contribution >= 0.6 is 0 Å². The van der Waals surface area contributed by atoms with Crippen LogP contribution in [0.25, 0.3) is 0 Å². The summed E-state index contributed by atoms with van der Waals surface area (Å²) in [6.45, 7) is 0.626. The summed E-state index contributed by atoms with van der Waals surface area (Å²) in [4.78, 5) is 0. The molecule has 6 heteroatoms. The van der Waals surface area contributed by atoms with Crippen molar-refractivity contribution in [1.82, 2.24) is 0 Å². The third-order valence-electron chi connectivity index (χ3n) is 3.06. The van der Waals surface area contributed by atoms with Crippen LogP contribution in [-0.4, -0.2) is 18.3 Å². The van der Waals surface area contributed by atoms with Gasteiger partial charge in [-0.05, 0) is 29.8 Å². The van der Waals surface area contributed by atoms with Crippen LogP contribution in [0.1, 0.15) is 17.5 Å². The first-order chi connectivity index (χ1) is 11.0. The molecule has 2 aromatic carbocycles. The second kappa shape index (κ2) is 7.87. The van der Waals surface area contributed by atoms with Crippen molar-refractivity contribution in [2.45, 2.75) is 19.2 Å². The minimum absolute atomic E-state index is 0.0596. The molecule has 0 saturated heterocycles. The molecule has 0 unspecified atom stereocenters. The first-order valence-electron chi connectivity index (χ1n) is 7.12. The van der Waals surface area contributed by atoms with Crippen LogP contribution in [0.5, 0.6) is 11.5 Å². The molecule has 0 bridgehead atoms. The molecule has 2 aromatic rings. The van der Waals surface area contributed by atoms with Crippen LogP contribution < -0.4 is 9.47 Å². The Morgan fingerprint density at radius 2 is 1.57 bits per heavy atom. The number of alkyl halides is 3. The normalized spacial score (nSPS) is 11.3. The van der Waals surface area contributed by atoms with Crippen LogP contribution in [0.15, 0.2) is 48.5 Å². The number of ether oxygens (including phenoxy) is 2. The van der Waals surface area contributed by atoms with Crippen molar-refractivity contribution in [2.75, 3.05) is 13.2 Å². The fourth-order valence-corrected chi connectivity index (χ4v) is 1.86. The van der Waals surface area contributed by atoms with E-state index in [0.29, 0.717) is 30.1 Å². The molecule has 3 nitrogen and oxygen atoms in total. The molecular formula is C17H17F3O3. The highest BCUT2D eigenvalue weighted by atomic mass is 19.4. The molecule has 124 valence electrons. The molecule has 0 aliphatic rings. The lowest BCUT2D eigenvalue weighted by atomic mass is 10.1. The molecule has 0 radical (unpaired) electrons. The summed E-state index contributed by atoms with van der Waals surface area (Å²) in [5.74, 6) is 1.18. The monoisotopic (exact) mass is 326 g/mol. The van der Waals surface area contributed by atoms with Crippen molar-refractivity contribution in [3.63, 3.8) is 0 Å². The SMILES string of the molecule is OCCCOc1cccc(OCc2ccc(C(F)(F)F)cc2)c1. The maximum Gasteiger partial charge on any atom is 0.416 e. The molecule has 23 heavy (non-hydrogen) atoms. The van der Waals surface area contributed by atoms with Crippen molar-refractivity contribution < 1.29 is 27.8 Å². The van der Waals surface area contributed by atoms with Gasteiger partial charge in [-0.1, -0.05) is 18.2 Å². The molecule has 0 heterocycles. The van der Waals surface area contributed by atoms with Crippen molar-refractivity contribution in [1.29, 1.82) is 0 Å². The highest BCUT2D eigenvalue weighted by molar-refractivity contribution is 5.33. The van der Waals surface area contributed by atoms with Crippen LogP contribution in [-0.2, 0) is 12.8 Å². The summed E-state index contributed by atoms with van der Waals surface area (Å²) in [7, 11) is 0. The molecule has 2 rings (SSSR count). The highest BCUT2D eigenvalue weighted by Crippen LogP contribution is 2.29. The predicted octanol–water partition coefficient (Wildman–Crippen LogP) is 4.05. The molecule has 0 saturated carbocycles. The fraction of sp³-hybridized carbons (Fsp3) is 0.294. The standard InChI is InChI=1S/C17H17F3O3/c18-17(19,20)14-7-5-13(6-8-14)12-23-16-4-1-3-15(11-16)22-10-2-9-21/h1,3-8,11,21H,2,9-10,12H2. The topological polar surface area (TPSA) is 38.7 Å². The minimum Gasteiger partial charge on any atom is -0.493 e. The summed E-state index contributed by atoms with van der Waals surface area (Å²) in [6.07, 6.45) is -3.80. The van der Waals surface area contributed by atoms with Crippen LogP contribution in [0.3, 0.4) is 0 Å². The summed E-state index contributed by atoms with van der Waals surface area (Å²) in [5, 5.41) is 8.70. The largest absolute Gasteiger partial charge is 0.493 e. The Kier molecular flexibility index (Phi) is 5.87. The van der Waals surface area contributed by atoms with Crippen molar-refractivity contribution in [2.24, 2.45) is 0 Å². The second-order valence-corrected chi connectivity index (χ2v) is 4.88. The Hall–Kier alpha value is -2.21. The number of halogens is 3. The summed E-state index contributed by atoms with van der Waals surface area (Å²) in [6, 6.07) is 11.8. The maximum atomic E-state index is 12.5. The van der Waals surface area contributed by atoms with Gasteiger partial charge < -0.3 is 14.6 Å². The molecule has 0 aliphatic heterocycles. The molecular weight excluding hydrogens is 309 g/mol. The molecule has 0 fully saturated rings. The Balaban J connectivity index is 1.91. The zero-order valence-electron chi connectivity index (χ0n) is 12.3.